The molecule has 2 aromatic rings. The Morgan fingerprint density at radius 2 is 2.38 bits per heavy atom. The Balaban J connectivity index is 2.09. The van der Waals surface area contributed by atoms with Crippen LogP contribution in [0.25, 0.3) is 0 Å². The highest BCUT2D eigenvalue weighted by molar-refractivity contribution is 7.71. The SMILES string of the molecule is CCc1n[nH]c(=S)n1NCc1ccc(C)o1. The van der Waals surface area contributed by atoms with Crippen molar-refractivity contribution in [2.45, 2.75) is 26.8 Å². The van der Waals surface area contributed by atoms with E-state index in [1.807, 2.05) is 26.0 Å². The fourth-order valence-corrected chi connectivity index (χ4v) is 1.68. The second-order valence-corrected chi connectivity index (χ2v) is 3.87. The molecule has 0 fully saturated rings. The summed E-state index contributed by atoms with van der Waals surface area (Å²) in [6, 6.07) is 3.88. The van der Waals surface area contributed by atoms with Crippen LogP contribution < -0.4 is 5.43 Å². The summed E-state index contributed by atoms with van der Waals surface area (Å²) < 4.78 is 7.80. The van der Waals surface area contributed by atoms with Crippen molar-refractivity contribution < 1.29 is 4.42 Å². The van der Waals surface area contributed by atoms with Gasteiger partial charge < -0.3 is 9.84 Å². The third-order valence-corrected chi connectivity index (χ3v) is 2.54. The van der Waals surface area contributed by atoms with Crippen molar-refractivity contribution in [1.29, 1.82) is 0 Å². The number of hydrogen-bond acceptors (Lipinski definition) is 4. The second-order valence-electron chi connectivity index (χ2n) is 3.48. The van der Waals surface area contributed by atoms with Gasteiger partial charge in [0.2, 0.25) is 4.77 Å². The summed E-state index contributed by atoms with van der Waals surface area (Å²) in [5.41, 5.74) is 3.17. The van der Waals surface area contributed by atoms with Crippen molar-refractivity contribution in [3.05, 3.63) is 34.2 Å². The van der Waals surface area contributed by atoms with Crippen LogP contribution in [0.5, 0.6) is 0 Å². The summed E-state index contributed by atoms with van der Waals surface area (Å²) >= 11 is 5.11. The van der Waals surface area contributed by atoms with Gasteiger partial charge in [0.1, 0.15) is 11.5 Å². The number of nitrogens with one attached hydrogen (secondary N) is 2. The van der Waals surface area contributed by atoms with E-state index in [4.69, 9.17) is 16.6 Å². The van der Waals surface area contributed by atoms with Gasteiger partial charge in [-0.15, -0.1) is 0 Å². The van der Waals surface area contributed by atoms with Crippen LogP contribution in [0.15, 0.2) is 16.5 Å². The molecule has 2 N–H and O–H groups in total. The highest BCUT2D eigenvalue weighted by atomic mass is 32.1. The molecule has 0 radical (unpaired) electrons. The molecule has 5 nitrogen and oxygen atoms in total. The third-order valence-electron chi connectivity index (χ3n) is 2.27. The molecule has 2 heterocycles. The minimum absolute atomic E-state index is 0.570. The zero-order chi connectivity index (χ0) is 11.5. The summed E-state index contributed by atoms with van der Waals surface area (Å²) in [6.07, 6.45) is 0.817. The average molecular weight is 238 g/mol. The number of furan rings is 1. The van der Waals surface area contributed by atoms with Crippen LogP contribution in [-0.2, 0) is 13.0 Å². The minimum Gasteiger partial charge on any atom is -0.464 e. The maximum Gasteiger partial charge on any atom is 0.214 e. The number of nitrogens with zero attached hydrogens (tertiary/aromatic N) is 2. The maximum absolute atomic E-state index is 5.45. The molecule has 86 valence electrons. The standard InChI is InChI=1S/C10H14N4OS/c1-3-9-12-13-10(16)14(9)11-6-8-5-4-7(2)15-8/h4-5,11H,3,6H2,1-2H3,(H,13,16). The van der Waals surface area contributed by atoms with Crippen molar-refractivity contribution in [3.63, 3.8) is 0 Å². The number of aryl methyl sites for hydroxylation is 2. The van der Waals surface area contributed by atoms with Gasteiger partial charge in [-0.05, 0) is 31.3 Å². The first-order chi connectivity index (χ1) is 7.70. The predicted molar refractivity (Wildman–Crippen MR) is 63.3 cm³/mol. The molecule has 0 atom stereocenters. The molecule has 0 aliphatic heterocycles. The van der Waals surface area contributed by atoms with E-state index in [0.29, 0.717) is 11.3 Å². The van der Waals surface area contributed by atoms with E-state index in [0.717, 1.165) is 23.8 Å². The lowest BCUT2D eigenvalue weighted by atomic mass is 10.4. The van der Waals surface area contributed by atoms with Crippen LogP contribution in [-0.4, -0.2) is 14.9 Å². The molecule has 0 saturated carbocycles. The van der Waals surface area contributed by atoms with Crippen LogP contribution in [0.2, 0.25) is 0 Å². The van der Waals surface area contributed by atoms with Gasteiger partial charge in [-0.1, -0.05) is 6.92 Å². The molecular formula is C10H14N4OS. The zero-order valence-corrected chi connectivity index (χ0v) is 10.1. The van der Waals surface area contributed by atoms with E-state index in [1.54, 1.807) is 4.68 Å². The first-order valence-corrected chi connectivity index (χ1v) is 5.57. The quantitative estimate of drug-likeness (QED) is 0.801. The zero-order valence-electron chi connectivity index (χ0n) is 9.28. The van der Waals surface area contributed by atoms with Crippen LogP contribution in [0, 0.1) is 11.7 Å². The van der Waals surface area contributed by atoms with Crippen molar-refractivity contribution in [2.75, 3.05) is 5.43 Å². The molecule has 0 aromatic carbocycles. The van der Waals surface area contributed by atoms with E-state index in [9.17, 15) is 0 Å². The van der Waals surface area contributed by atoms with E-state index in [-0.39, 0.29) is 0 Å². The first kappa shape index (κ1) is 10.9. The van der Waals surface area contributed by atoms with E-state index in [1.165, 1.54) is 0 Å². The van der Waals surface area contributed by atoms with E-state index < -0.39 is 0 Å². The van der Waals surface area contributed by atoms with Crippen molar-refractivity contribution in [3.8, 4) is 0 Å². The smallest absolute Gasteiger partial charge is 0.214 e. The number of hydrogen-bond donors (Lipinski definition) is 2. The topological polar surface area (TPSA) is 58.8 Å². The third kappa shape index (κ3) is 2.16. The highest BCUT2D eigenvalue weighted by Crippen LogP contribution is 2.06. The Hall–Kier alpha value is -1.56. The van der Waals surface area contributed by atoms with Gasteiger partial charge in [0.25, 0.3) is 0 Å². The Morgan fingerprint density at radius 3 is 3.00 bits per heavy atom. The summed E-state index contributed by atoms with van der Waals surface area (Å²) in [5, 5.41) is 6.86. The molecule has 0 saturated heterocycles. The monoisotopic (exact) mass is 238 g/mol. The van der Waals surface area contributed by atoms with Gasteiger partial charge in [-0.2, -0.15) is 5.10 Å². The molecule has 2 rings (SSSR count). The molecule has 0 unspecified atom stereocenters. The minimum atomic E-state index is 0.570. The van der Waals surface area contributed by atoms with Gasteiger partial charge in [0.15, 0.2) is 5.82 Å². The summed E-state index contributed by atoms with van der Waals surface area (Å²) in [7, 11) is 0. The second kappa shape index (κ2) is 4.52. The molecular weight excluding hydrogens is 224 g/mol. The summed E-state index contributed by atoms with van der Waals surface area (Å²) in [6.45, 7) is 4.54. The molecule has 2 aromatic heterocycles. The highest BCUT2D eigenvalue weighted by Gasteiger charge is 2.04. The fourth-order valence-electron chi connectivity index (χ4n) is 1.47. The van der Waals surface area contributed by atoms with Crippen LogP contribution in [0.3, 0.4) is 0 Å². The number of aromatic nitrogens is 3. The van der Waals surface area contributed by atoms with Gasteiger partial charge in [-0.25, -0.2) is 4.68 Å². The van der Waals surface area contributed by atoms with Crippen molar-refractivity contribution >= 4 is 12.2 Å². The van der Waals surface area contributed by atoms with E-state index in [2.05, 4.69) is 15.6 Å². The summed E-state index contributed by atoms with van der Waals surface area (Å²) in [5.74, 6) is 2.67. The van der Waals surface area contributed by atoms with Gasteiger partial charge in [-0.3, -0.25) is 5.10 Å². The number of aromatic amines is 1. The van der Waals surface area contributed by atoms with Crippen molar-refractivity contribution in [2.24, 2.45) is 0 Å². The van der Waals surface area contributed by atoms with Crippen LogP contribution in [0.1, 0.15) is 24.3 Å². The average Bonchev–Trinajstić information content (AvgIpc) is 2.82. The largest absolute Gasteiger partial charge is 0.464 e. The maximum atomic E-state index is 5.45. The molecule has 0 aliphatic rings. The fraction of sp³-hybridized carbons (Fsp3) is 0.400. The molecule has 0 aliphatic carbocycles. The Kier molecular flexibility index (Phi) is 3.09. The molecule has 16 heavy (non-hydrogen) atoms. The number of rotatable bonds is 4. The number of H-pyrrole nitrogens is 1. The molecule has 0 spiro atoms. The Morgan fingerprint density at radius 1 is 1.56 bits per heavy atom. The lowest BCUT2D eigenvalue weighted by molar-refractivity contribution is 0.483. The van der Waals surface area contributed by atoms with Gasteiger partial charge >= 0.3 is 0 Å². The predicted octanol–water partition coefficient (Wildman–Crippen LogP) is 2.15. The van der Waals surface area contributed by atoms with Gasteiger partial charge in [0, 0.05) is 6.42 Å². The van der Waals surface area contributed by atoms with Crippen LogP contribution in [0.4, 0.5) is 0 Å². The van der Waals surface area contributed by atoms with Crippen molar-refractivity contribution in [1.82, 2.24) is 14.9 Å². The first-order valence-electron chi connectivity index (χ1n) is 5.16. The van der Waals surface area contributed by atoms with E-state index >= 15 is 0 Å². The lowest BCUT2D eigenvalue weighted by Crippen LogP contribution is -2.16. The molecule has 6 heteroatoms. The summed E-state index contributed by atoms with van der Waals surface area (Å²) in [4.78, 5) is 0. The normalized spacial score (nSPS) is 10.6. The Bertz CT molecular complexity index is 525. The Labute approximate surface area is 98.4 Å². The lowest BCUT2D eigenvalue weighted by Gasteiger charge is -2.06. The molecule has 0 amide bonds. The molecule has 0 bridgehead atoms. The van der Waals surface area contributed by atoms with Gasteiger partial charge in [0.05, 0.1) is 6.54 Å². The van der Waals surface area contributed by atoms with Crippen LogP contribution >= 0.6 is 12.2 Å².